The number of nitrogens with one attached hydrogen (secondary N) is 4. The number of nitrogens with zero attached hydrogens (tertiary/aromatic N) is 4. The molecule has 0 aliphatic heterocycles. The normalized spacial score (nSPS) is 11.3. The molecule has 10 heteroatoms. The number of rotatable bonds is 9. The quantitative estimate of drug-likeness (QED) is 0.262. The van der Waals surface area contributed by atoms with Gasteiger partial charge < -0.3 is 21.3 Å². The average molecular weight is 483 g/mol. The van der Waals surface area contributed by atoms with Crippen molar-refractivity contribution >= 4 is 40.6 Å². The van der Waals surface area contributed by atoms with Crippen molar-refractivity contribution in [3.05, 3.63) is 97.0 Å². The molecular formula is C26H26N8O2. The van der Waals surface area contributed by atoms with E-state index in [1.54, 1.807) is 48.4 Å². The van der Waals surface area contributed by atoms with Crippen LogP contribution in [-0.2, 0) is 11.8 Å². The molecule has 10 nitrogen and oxygen atoms in total. The molecule has 2 amide bonds. The number of carbonyl (C=O) groups is 2. The highest BCUT2D eigenvalue weighted by Gasteiger charge is 2.18. The summed E-state index contributed by atoms with van der Waals surface area (Å²) in [6.45, 7) is 5.37. The lowest BCUT2D eigenvalue weighted by atomic mass is 10.1. The molecule has 1 unspecified atom stereocenters. The van der Waals surface area contributed by atoms with Crippen LogP contribution in [0.5, 0.6) is 0 Å². The van der Waals surface area contributed by atoms with Gasteiger partial charge >= 0.3 is 0 Å². The summed E-state index contributed by atoms with van der Waals surface area (Å²) in [5.41, 5.74) is 3.12. The van der Waals surface area contributed by atoms with Gasteiger partial charge in [-0.15, -0.1) is 0 Å². The maximum Gasteiger partial charge on any atom is 0.257 e. The predicted molar refractivity (Wildman–Crippen MR) is 139 cm³/mol. The first kappa shape index (κ1) is 24.1. The molecule has 0 spiro atoms. The van der Waals surface area contributed by atoms with Crippen molar-refractivity contribution in [3.8, 4) is 0 Å². The van der Waals surface area contributed by atoms with E-state index in [1.165, 1.54) is 12.3 Å². The molecule has 36 heavy (non-hydrogen) atoms. The SMILES string of the molecule is C=CC(=O)Nc1cccc(Nc2nc(Nc3cnn(C)c3)ncc2C(=O)NC(C)c2ccccc2)c1. The second kappa shape index (κ2) is 11.0. The van der Waals surface area contributed by atoms with Crippen LogP contribution in [-0.4, -0.2) is 31.6 Å². The molecule has 2 heterocycles. The summed E-state index contributed by atoms with van der Waals surface area (Å²) in [6, 6.07) is 16.5. The zero-order valence-corrected chi connectivity index (χ0v) is 19.9. The van der Waals surface area contributed by atoms with E-state index in [9.17, 15) is 9.59 Å². The van der Waals surface area contributed by atoms with Gasteiger partial charge in [0.1, 0.15) is 11.4 Å². The Balaban J connectivity index is 1.62. The first-order valence-electron chi connectivity index (χ1n) is 11.2. The lowest BCUT2D eigenvalue weighted by Crippen LogP contribution is -2.27. The van der Waals surface area contributed by atoms with Gasteiger partial charge in [-0.1, -0.05) is 43.0 Å². The molecule has 4 rings (SSSR count). The highest BCUT2D eigenvalue weighted by atomic mass is 16.2. The molecule has 2 aromatic carbocycles. The molecule has 1 atom stereocenters. The Hall–Kier alpha value is -4.99. The van der Waals surface area contributed by atoms with Crippen molar-refractivity contribution < 1.29 is 9.59 Å². The number of anilines is 5. The summed E-state index contributed by atoms with van der Waals surface area (Å²) in [6.07, 6.45) is 6.08. The van der Waals surface area contributed by atoms with Gasteiger partial charge in [0.2, 0.25) is 11.9 Å². The third kappa shape index (κ3) is 6.11. The van der Waals surface area contributed by atoms with Crippen LogP contribution >= 0.6 is 0 Å². The Bertz CT molecular complexity index is 1380. The molecule has 182 valence electrons. The van der Waals surface area contributed by atoms with E-state index < -0.39 is 0 Å². The predicted octanol–water partition coefficient (Wildman–Crippen LogP) is 4.31. The summed E-state index contributed by atoms with van der Waals surface area (Å²) < 4.78 is 1.65. The van der Waals surface area contributed by atoms with Crippen molar-refractivity contribution in [1.29, 1.82) is 0 Å². The summed E-state index contributed by atoms with van der Waals surface area (Å²) >= 11 is 0. The van der Waals surface area contributed by atoms with Crippen LogP contribution in [0.3, 0.4) is 0 Å². The minimum absolute atomic E-state index is 0.225. The standard InChI is InChI=1S/C26H26N8O2/c1-4-23(35)30-19-11-8-12-20(13-19)31-24-22(25(36)29-17(2)18-9-6-5-7-10-18)15-27-26(33-24)32-21-14-28-34(3)16-21/h4-17H,1H2,2-3H3,(H,29,36)(H,30,35)(H2,27,31,32,33). The van der Waals surface area contributed by atoms with E-state index in [2.05, 4.69) is 42.9 Å². The number of hydrogen-bond donors (Lipinski definition) is 4. The van der Waals surface area contributed by atoms with E-state index in [1.807, 2.05) is 37.3 Å². The van der Waals surface area contributed by atoms with Crippen LogP contribution in [0, 0.1) is 0 Å². The Labute approximate surface area is 208 Å². The highest BCUT2D eigenvalue weighted by molar-refractivity contribution is 6.00. The fourth-order valence-electron chi connectivity index (χ4n) is 3.42. The van der Waals surface area contributed by atoms with Crippen LogP contribution < -0.4 is 21.3 Å². The Morgan fingerprint density at radius 1 is 1.00 bits per heavy atom. The van der Waals surface area contributed by atoms with Crippen LogP contribution in [0.15, 0.2) is 85.8 Å². The van der Waals surface area contributed by atoms with E-state index in [4.69, 9.17) is 0 Å². The Kier molecular flexibility index (Phi) is 7.35. The smallest absolute Gasteiger partial charge is 0.257 e. The second-order valence-electron chi connectivity index (χ2n) is 7.99. The van der Waals surface area contributed by atoms with Crippen LogP contribution in [0.4, 0.5) is 28.8 Å². The monoisotopic (exact) mass is 482 g/mol. The van der Waals surface area contributed by atoms with Gasteiger partial charge in [0, 0.05) is 30.8 Å². The van der Waals surface area contributed by atoms with Crippen molar-refractivity contribution in [2.24, 2.45) is 7.05 Å². The maximum atomic E-state index is 13.2. The fraction of sp³-hybridized carbons (Fsp3) is 0.115. The summed E-state index contributed by atoms with van der Waals surface area (Å²) in [5, 5.41) is 16.1. The van der Waals surface area contributed by atoms with Crippen molar-refractivity contribution in [2.75, 3.05) is 16.0 Å². The minimum Gasteiger partial charge on any atom is -0.345 e. The fourth-order valence-corrected chi connectivity index (χ4v) is 3.42. The minimum atomic E-state index is -0.335. The van der Waals surface area contributed by atoms with E-state index >= 15 is 0 Å². The first-order chi connectivity index (χ1) is 17.4. The molecule has 0 radical (unpaired) electrons. The van der Waals surface area contributed by atoms with Gasteiger partial charge in [-0.2, -0.15) is 10.1 Å². The molecule has 2 aromatic heterocycles. The molecule has 4 N–H and O–H groups in total. The topological polar surface area (TPSA) is 126 Å². The molecule has 0 saturated carbocycles. The number of aromatic nitrogens is 4. The van der Waals surface area contributed by atoms with E-state index in [0.717, 1.165) is 5.56 Å². The number of aryl methyl sites for hydroxylation is 1. The van der Waals surface area contributed by atoms with Crippen molar-refractivity contribution in [2.45, 2.75) is 13.0 Å². The van der Waals surface area contributed by atoms with Gasteiger partial charge in [-0.05, 0) is 36.8 Å². The largest absolute Gasteiger partial charge is 0.345 e. The van der Waals surface area contributed by atoms with Crippen molar-refractivity contribution in [3.63, 3.8) is 0 Å². The first-order valence-corrected chi connectivity index (χ1v) is 11.2. The van der Waals surface area contributed by atoms with Crippen molar-refractivity contribution in [1.82, 2.24) is 25.1 Å². The second-order valence-corrected chi connectivity index (χ2v) is 7.99. The summed E-state index contributed by atoms with van der Waals surface area (Å²) in [4.78, 5) is 33.8. The number of benzene rings is 2. The molecule has 0 fully saturated rings. The third-order valence-corrected chi connectivity index (χ3v) is 5.22. The van der Waals surface area contributed by atoms with E-state index in [0.29, 0.717) is 22.9 Å². The average Bonchev–Trinajstić information content (AvgIpc) is 3.29. The molecule has 0 saturated heterocycles. The molecule has 0 aliphatic carbocycles. The van der Waals surface area contributed by atoms with Crippen LogP contribution in [0.1, 0.15) is 28.9 Å². The van der Waals surface area contributed by atoms with Crippen LogP contribution in [0.25, 0.3) is 0 Å². The molecular weight excluding hydrogens is 456 g/mol. The third-order valence-electron chi connectivity index (χ3n) is 5.22. The van der Waals surface area contributed by atoms with Gasteiger partial charge in [-0.3, -0.25) is 14.3 Å². The lowest BCUT2D eigenvalue weighted by Gasteiger charge is -2.17. The van der Waals surface area contributed by atoms with Crippen LogP contribution in [0.2, 0.25) is 0 Å². The maximum absolute atomic E-state index is 13.2. The molecule has 4 aromatic rings. The number of amides is 2. The van der Waals surface area contributed by atoms with Gasteiger partial charge in [0.05, 0.1) is 17.9 Å². The lowest BCUT2D eigenvalue weighted by molar-refractivity contribution is -0.111. The highest BCUT2D eigenvalue weighted by Crippen LogP contribution is 2.24. The van der Waals surface area contributed by atoms with Gasteiger partial charge in [-0.25, -0.2) is 4.98 Å². The summed E-state index contributed by atoms with van der Waals surface area (Å²) in [7, 11) is 1.80. The molecule has 0 aliphatic rings. The van der Waals surface area contributed by atoms with E-state index in [-0.39, 0.29) is 29.4 Å². The van der Waals surface area contributed by atoms with Gasteiger partial charge in [0.15, 0.2) is 0 Å². The van der Waals surface area contributed by atoms with Gasteiger partial charge in [0.25, 0.3) is 5.91 Å². The Morgan fingerprint density at radius 2 is 1.78 bits per heavy atom. The zero-order chi connectivity index (χ0) is 25.5. The number of carbonyl (C=O) groups excluding carboxylic acids is 2. The summed E-state index contributed by atoms with van der Waals surface area (Å²) in [5.74, 6) is -0.0828. The molecule has 0 bridgehead atoms. The Morgan fingerprint density at radius 3 is 2.50 bits per heavy atom. The number of hydrogen-bond acceptors (Lipinski definition) is 7. The zero-order valence-electron chi connectivity index (χ0n) is 19.9.